The van der Waals surface area contributed by atoms with Gasteiger partial charge in [0.25, 0.3) is 0 Å². The lowest BCUT2D eigenvalue weighted by molar-refractivity contribution is 0.0178. The highest BCUT2D eigenvalue weighted by Gasteiger charge is 2.23. The Balaban J connectivity index is 0.00000243. The van der Waals surface area contributed by atoms with Crippen LogP contribution in [0, 0.1) is 0 Å². The maximum absolute atomic E-state index is 6.21. The van der Waals surface area contributed by atoms with Crippen molar-refractivity contribution in [1.29, 1.82) is 0 Å². The van der Waals surface area contributed by atoms with E-state index >= 15 is 0 Å². The fraction of sp³-hybridized carbons (Fsp3) is 0.611. The molecule has 0 aromatic heterocycles. The maximum Gasteiger partial charge on any atom is 0.191 e. The highest BCUT2D eigenvalue weighted by atomic mass is 127. The van der Waals surface area contributed by atoms with Gasteiger partial charge in [0.2, 0.25) is 0 Å². The Kier molecular flexibility index (Phi) is 8.89. The van der Waals surface area contributed by atoms with Gasteiger partial charge in [0, 0.05) is 26.2 Å². The summed E-state index contributed by atoms with van der Waals surface area (Å²) in [6.07, 6.45) is 0. The minimum atomic E-state index is 0. The minimum absolute atomic E-state index is 0. The summed E-state index contributed by atoms with van der Waals surface area (Å²) in [6.45, 7) is 7.00. The van der Waals surface area contributed by atoms with Crippen molar-refractivity contribution in [2.75, 3.05) is 66.3 Å². The average Bonchev–Trinajstić information content (AvgIpc) is 2.70. The predicted molar refractivity (Wildman–Crippen MR) is 112 cm³/mol. The van der Waals surface area contributed by atoms with Crippen LogP contribution in [0.2, 0.25) is 0 Å². The smallest absolute Gasteiger partial charge is 0.191 e. The molecule has 1 unspecified atom stereocenters. The number of benzene rings is 1. The highest BCUT2D eigenvalue weighted by Crippen LogP contribution is 2.24. The molecule has 3 rings (SSSR count). The fourth-order valence-corrected chi connectivity index (χ4v) is 3.22. The third-order valence-corrected chi connectivity index (χ3v) is 4.75. The second kappa shape index (κ2) is 10.9. The number of hydrogen-bond acceptors (Lipinski definition) is 5. The van der Waals surface area contributed by atoms with Crippen molar-refractivity contribution in [2.45, 2.75) is 6.04 Å². The standard InChI is InChI=1S/C18H28N4O3.HI/c1-23-16-4-2-15(3-5-16)17(21-6-10-24-11-7-21)14-20-18(19)22-8-12-25-13-9-22;/h2-5,17H,6-14H2,1H3,(H2,19,20);1H. The van der Waals surface area contributed by atoms with Crippen LogP contribution in [0.1, 0.15) is 11.6 Å². The summed E-state index contributed by atoms with van der Waals surface area (Å²) < 4.78 is 16.1. The van der Waals surface area contributed by atoms with Gasteiger partial charge in [-0.05, 0) is 17.7 Å². The molecule has 1 aromatic rings. The van der Waals surface area contributed by atoms with E-state index < -0.39 is 0 Å². The van der Waals surface area contributed by atoms with Crippen LogP contribution in [0.25, 0.3) is 0 Å². The SMILES string of the molecule is COc1ccc(C(CN=C(N)N2CCOCC2)N2CCOCC2)cc1.I. The van der Waals surface area contributed by atoms with Crippen LogP contribution < -0.4 is 10.5 Å². The molecule has 0 saturated carbocycles. The van der Waals surface area contributed by atoms with Gasteiger partial charge in [0.15, 0.2) is 5.96 Å². The lowest BCUT2D eigenvalue weighted by Crippen LogP contribution is -2.45. The first kappa shape index (κ1) is 21.2. The van der Waals surface area contributed by atoms with Gasteiger partial charge in [-0.1, -0.05) is 12.1 Å². The summed E-state index contributed by atoms with van der Waals surface area (Å²) in [6, 6.07) is 8.41. The average molecular weight is 476 g/mol. The molecular formula is C18H29IN4O3. The van der Waals surface area contributed by atoms with Crippen molar-refractivity contribution < 1.29 is 14.2 Å². The van der Waals surface area contributed by atoms with Gasteiger partial charge in [0.1, 0.15) is 5.75 Å². The number of nitrogens with two attached hydrogens (primary N) is 1. The summed E-state index contributed by atoms with van der Waals surface area (Å²) in [4.78, 5) is 9.20. The zero-order chi connectivity index (χ0) is 17.5. The third-order valence-electron chi connectivity index (χ3n) is 4.75. The van der Waals surface area contributed by atoms with Gasteiger partial charge >= 0.3 is 0 Å². The number of hydrogen-bond donors (Lipinski definition) is 1. The van der Waals surface area contributed by atoms with E-state index in [9.17, 15) is 0 Å². The Hall–Kier alpha value is -1.10. The van der Waals surface area contributed by atoms with E-state index in [-0.39, 0.29) is 30.0 Å². The molecule has 2 heterocycles. The second-order valence-electron chi connectivity index (χ2n) is 6.24. The van der Waals surface area contributed by atoms with Gasteiger partial charge in [-0.3, -0.25) is 9.89 Å². The van der Waals surface area contributed by atoms with Crippen molar-refractivity contribution in [3.8, 4) is 5.75 Å². The molecule has 1 aromatic carbocycles. The molecule has 0 amide bonds. The molecule has 2 aliphatic rings. The molecule has 2 N–H and O–H groups in total. The topological polar surface area (TPSA) is 72.5 Å². The van der Waals surface area contributed by atoms with Gasteiger partial charge < -0.3 is 24.8 Å². The number of nitrogens with zero attached hydrogens (tertiary/aromatic N) is 3. The zero-order valence-electron chi connectivity index (χ0n) is 15.3. The van der Waals surface area contributed by atoms with E-state index in [1.54, 1.807) is 7.11 Å². The molecule has 26 heavy (non-hydrogen) atoms. The van der Waals surface area contributed by atoms with Crippen LogP contribution in [-0.4, -0.2) is 82.0 Å². The van der Waals surface area contributed by atoms with Crippen LogP contribution in [-0.2, 0) is 9.47 Å². The minimum Gasteiger partial charge on any atom is -0.497 e. The Morgan fingerprint density at radius 2 is 1.65 bits per heavy atom. The zero-order valence-corrected chi connectivity index (χ0v) is 17.6. The number of ether oxygens (including phenoxy) is 3. The summed E-state index contributed by atoms with van der Waals surface area (Å²) in [7, 11) is 1.68. The fourth-order valence-electron chi connectivity index (χ4n) is 3.22. The van der Waals surface area contributed by atoms with E-state index in [2.05, 4.69) is 21.9 Å². The molecule has 7 nitrogen and oxygen atoms in total. The van der Waals surface area contributed by atoms with Crippen molar-refractivity contribution in [2.24, 2.45) is 10.7 Å². The van der Waals surface area contributed by atoms with Gasteiger partial charge in [-0.25, -0.2) is 0 Å². The Bertz CT molecular complexity index is 558. The van der Waals surface area contributed by atoms with Crippen LogP contribution >= 0.6 is 24.0 Å². The van der Waals surface area contributed by atoms with Crippen molar-refractivity contribution >= 4 is 29.9 Å². The van der Waals surface area contributed by atoms with Crippen molar-refractivity contribution in [1.82, 2.24) is 9.80 Å². The third kappa shape index (κ3) is 5.70. The summed E-state index contributed by atoms with van der Waals surface area (Å²) in [5.41, 5.74) is 7.43. The van der Waals surface area contributed by atoms with Crippen LogP contribution in [0.15, 0.2) is 29.3 Å². The number of methoxy groups -OCH3 is 1. The molecule has 2 aliphatic heterocycles. The van der Waals surface area contributed by atoms with Gasteiger partial charge in [0.05, 0.1) is 46.1 Å². The summed E-state index contributed by atoms with van der Waals surface area (Å²) >= 11 is 0. The van der Waals surface area contributed by atoms with E-state index in [0.717, 1.165) is 45.1 Å². The Morgan fingerprint density at radius 1 is 1.08 bits per heavy atom. The molecule has 0 aliphatic carbocycles. The monoisotopic (exact) mass is 476 g/mol. The predicted octanol–water partition coefficient (Wildman–Crippen LogP) is 1.33. The van der Waals surface area contributed by atoms with Crippen LogP contribution in [0.3, 0.4) is 0 Å². The summed E-state index contributed by atoms with van der Waals surface area (Å²) in [5, 5.41) is 0. The van der Waals surface area contributed by atoms with Crippen LogP contribution in [0.5, 0.6) is 5.75 Å². The number of aliphatic imine (C=N–C) groups is 1. The molecule has 0 radical (unpaired) electrons. The first-order valence-electron chi connectivity index (χ1n) is 8.86. The van der Waals surface area contributed by atoms with Crippen LogP contribution in [0.4, 0.5) is 0 Å². The second-order valence-corrected chi connectivity index (χ2v) is 6.24. The number of rotatable bonds is 5. The molecule has 146 valence electrons. The maximum atomic E-state index is 6.21. The normalized spacial score (nSPS) is 20.3. The first-order valence-corrected chi connectivity index (χ1v) is 8.86. The number of halogens is 1. The molecule has 2 saturated heterocycles. The highest BCUT2D eigenvalue weighted by molar-refractivity contribution is 14.0. The molecule has 8 heteroatoms. The van der Waals surface area contributed by atoms with E-state index in [4.69, 9.17) is 24.9 Å². The molecule has 2 fully saturated rings. The Labute approximate surface area is 172 Å². The van der Waals surface area contributed by atoms with Crippen molar-refractivity contribution in [3.05, 3.63) is 29.8 Å². The lowest BCUT2D eigenvalue weighted by Gasteiger charge is -2.34. The molecular weight excluding hydrogens is 447 g/mol. The molecule has 0 spiro atoms. The molecule has 1 atom stereocenters. The molecule has 0 bridgehead atoms. The lowest BCUT2D eigenvalue weighted by atomic mass is 10.0. The quantitative estimate of drug-likeness (QED) is 0.393. The van der Waals surface area contributed by atoms with E-state index in [1.165, 1.54) is 5.56 Å². The summed E-state index contributed by atoms with van der Waals surface area (Å²) in [5.74, 6) is 1.47. The van der Waals surface area contributed by atoms with Gasteiger partial charge in [-0.2, -0.15) is 0 Å². The van der Waals surface area contributed by atoms with E-state index in [0.29, 0.717) is 25.7 Å². The largest absolute Gasteiger partial charge is 0.497 e. The van der Waals surface area contributed by atoms with Gasteiger partial charge in [-0.15, -0.1) is 24.0 Å². The van der Waals surface area contributed by atoms with E-state index in [1.807, 2.05) is 12.1 Å². The van der Waals surface area contributed by atoms with Crippen molar-refractivity contribution in [3.63, 3.8) is 0 Å². The number of guanidine groups is 1. The first-order chi connectivity index (χ1) is 12.3. The number of morpholine rings is 2. The Morgan fingerprint density at radius 3 is 2.23 bits per heavy atom.